The molecule has 0 saturated carbocycles. The van der Waals surface area contributed by atoms with Gasteiger partial charge in [0.1, 0.15) is 5.82 Å². The third kappa shape index (κ3) is 6.85. The van der Waals surface area contributed by atoms with E-state index in [4.69, 9.17) is 5.11 Å². The van der Waals surface area contributed by atoms with Crippen LogP contribution in [0.3, 0.4) is 0 Å². The summed E-state index contributed by atoms with van der Waals surface area (Å²) in [5.74, 6) is -1.38. The normalized spacial score (nSPS) is 10.9. The fourth-order valence-corrected chi connectivity index (χ4v) is 1.80. The number of nitrogens with zero attached hydrogens (tertiary/aromatic N) is 1. The number of amides is 1. The molecule has 0 aliphatic carbocycles. The summed E-state index contributed by atoms with van der Waals surface area (Å²) >= 11 is 0. The Kier molecular flexibility index (Phi) is 6.81. The monoisotopic (exact) mass is 296 g/mol. The zero-order chi connectivity index (χ0) is 15.8. The number of rotatable bonds is 8. The standard InChI is InChI=1S/C15H21FN2O3/c1-11(2)18(8-7-15(20)21)10-14(19)17-9-12-3-5-13(16)6-4-12/h3-6,11H,7-10H2,1-2H3,(H,17,19)(H,20,21). The molecule has 0 bridgehead atoms. The molecule has 1 rings (SSSR count). The molecule has 1 amide bonds. The van der Waals surface area contributed by atoms with Crippen LogP contribution < -0.4 is 5.32 Å². The van der Waals surface area contributed by atoms with Gasteiger partial charge in [-0.3, -0.25) is 14.5 Å². The van der Waals surface area contributed by atoms with Gasteiger partial charge in [-0.2, -0.15) is 0 Å². The third-order valence-corrected chi connectivity index (χ3v) is 3.09. The van der Waals surface area contributed by atoms with Crippen LogP contribution in [0.4, 0.5) is 4.39 Å². The van der Waals surface area contributed by atoms with Crippen molar-refractivity contribution in [3.63, 3.8) is 0 Å². The highest BCUT2D eigenvalue weighted by Crippen LogP contribution is 2.03. The fourth-order valence-electron chi connectivity index (χ4n) is 1.80. The average molecular weight is 296 g/mol. The maximum Gasteiger partial charge on any atom is 0.304 e. The molecular weight excluding hydrogens is 275 g/mol. The minimum Gasteiger partial charge on any atom is -0.481 e. The Hall–Kier alpha value is -1.95. The fraction of sp³-hybridized carbons (Fsp3) is 0.467. The second-order valence-electron chi connectivity index (χ2n) is 5.11. The first-order valence-corrected chi connectivity index (χ1v) is 6.85. The number of aliphatic carboxylic acids is 1. The molecule has 21 heavy (non-hydrogen) atoms. The van der Waals surface area contributed by atoms with Gasteiger partial charge in [0.2, 0.25) is 5.91 Å². The van der Waals surface area contributed by atoms with Gasteiger partial charge in [0, 0.05) is 19.1 Å². The van der Waals surface area contributed by atoms with Gasteiger partial charge < -0.3 is 10.4 Å². The van der Waals surface area contributed by atoms with Crippen LogP contribution in [0.15, 0.2) is 24.3 Å². The molecule has 0 aliphatic heterocycles. The molecule has 2 N–H and O–H groups in total. The lowest BCUT2D eigenvalue weighted by Gasteiger charge is -2.25. The minimum absolute atomic E-state index is 0.00339. The van der Waals surface area contributed by atoms with Crippen molar-refractivity contribution in [2.24, 2.45) is 0 Å². The summed E-state index contributed by atoms with van der Waals surface area (Å²) in [4.78, 5) is 24.3. The van der Waals surface area contributed by atoms with Gasteiger partial charge in [-0.15, -0.1) is 0 Å². The van der Waals surface area contributed by atoms with Crippen LogP contribution in [0.25, 0.3) is 0 Å². The van der Waals surface area contributed by atoms with Crippen molar-refractivity contribution in [1.29, 1.82) is 0 Å². The van der Waals surface area contributed by atoms with Gasteiger partial charge >= 0.3 is 5.97 Å². The third-order valence-electron chi connectivity index (χ3n) is 3.09. The van der Waals surface area contributed by atoms with Gasteiger partial charge in [0.05, 0.1) is 13.0 Å². The summed E-state index contributed by atoms with van der Waals surface area (Å²) in [5.41, 5.74) is 0.811. The zero-order valence-corrected chi connectivity index (χ0v) is 12.3. The Balaban J connectivity index is 2.42. The predicted octanol–water partition coefficient (Wildman–Crippen LogP) is 1.63. The first-order valence-electron chi connectivity index (χ1n) is 6.85. The van der Waals surface area contributed by atoms with Crippen LogP contribution in [0.2, 0.25) is 0 Å². The van der Waals surface area contributed by atoms with Crippen LogP contribution in [0, 0.1) is 5.82 Å². The molecule has 0 atom stereocenters. The number of benzene rings is 1. The molecule has 0 spiro atoms. The van der Waals surface area contributed by atoms with E-state index in [1.807, 2.05) is 13.8 Å². The van der Waals surface area contributed by atoms with Gasteiger partial charge in [-0.1, -0.05) is 12.1 Å². The molecule has 5 nitrogen and oxygen atoms in total. The van der Waals surface area contributed by atoms with Crippen molar-refractivity contribution in [3.8, 4) is 0 Å². The Labute approximate surface area is 123 Å². The summed E-state index contributed by atoms with van der Waals surface area (Å²) in [6, 6.07) is 5.99. The molecule has 1 aromatic rings. The lowest BCUT2D eigenvalue weighted by Crippen LogP contribution is -2.41. The van der Waals surface area contributed by atoms with Gasteiger partial charge in [-0.05, 0) is 31.5 Å². The van der Waals surface area contributed by atoms with Crippen molar-refractivity contribution in [3.05, 3.63) is 35.6 Å². The summed E-state index contributed by atoms with van der Waals surface area (Å²) in [7, 11) is 0. The molecule has 1 aromatic carbocycles. The average Bonchev–Trinajstić information content (AvgIpc) is 2.42. The highest BCUT2D eigenvalue weighted by molar-refractivity contribution is 5.78. The number of hydrogen-bond acceptors (Lipinski definition) is 3. The second-order valence-corrected chi connectivity index (χ2v) is 5.11. The van der Waals surface area contributed by atoms with Crippen LogP contribution in [0.1, 0.15) is 25.8 Å². The maximum atomic E-state index is 12.8. The van der Waals surface area contributed by atoms with Crippen molar-refractivity contribution < 1.29 is 19.1 Å². The number of carboxylic acid groups (broad SMARTS) is 1. The maximum absolute atomic E-state index is 12.8. The van der Waals surface area contributed by atoms with Crippen LogP contribution in [-0.2, 0) is 16.1 Å². The first kappa shape index (κ1) is 17.1. The van der Waals surface area contributed by atoms with E-state index in [-0.39, 0.29) is 30.7 Å². The summed E-state index contributed by atoms with van der Waals surface area (Å²) in [6.07, 6.45) is 0.00339. The zero-order valence-electron chi connectivity index (χ0n) is 12.3. The van der Waals surface area contributed by atoms with E-state index in [1.54, 1.807) is 17.0 Å². The molecule has 0 heterocycles. The van der Waals surface area contributed by atoms with Crippen molar-refractivity contribution >= 4 is 11.9 Å². The van der Waals surface area contributed by atoms with Crippen LogP contribution >= 0.6 is 0 Å². The molecular formula is C15H21FN2O3. The van der Waals surface area contributed by atoms with E-state index in [0.717, 1.165) is 5.56 Å². The number of halogens is 1. The minimum atomic E-state index is -0.882. The van der Waals surface area contributed by atoms with Crippen molar-refractivity contribution in [1.82, 2.24) is 10.2 Å². The number of nitrogens with one attached hydrogen (secondary N) is 1. The van der Waals surface area contributed by atoms with Crippen LogP contribution in [0.5, 0.6) is 0 Å². The highest BCUT2D eigenvalue weighted by atomic mass is 19.1. The van der Waals surface area contributed by atoms with E-state index in [9.17, 15) is 14.0 Å². The van der Waals surface area contributed by atoms with Crippen molar-refractivity contribution in [2.75, 3.05) is 13.1 Å². The van der Waals surface area contributed by atoms with E-state index in [0.29, 0.717) is 13.1 Å². The van der Waals surface area contributed by atoms with E-state index >= 15 is 0 Å². The molecule has 0 aromatic heterocycles. The highest BCUT2D eigenvalue weighted by Gasteiger charge is 2.15. The lowest BCUT2D eigenvalue weighted by atomic mass is 10.2. The predicted molar refractivity (Wildman–Crippen MR) is 77.2 cm³/mol. The summed E-state index contributed by atoms with van der Waals surface area (Å²) < 4.78 is 12.8. The Morgan fingerprint density at radius 3 is 2.43 bits per heavy atom. The molecule has 6 heteroatoms. The summed E-state index contributed by atoms with van der Waals surface area (Å²) in [5, 5.41) is 11.4. The smallest absolute Gasteiger partial charge is 0.304 e. The molecule has 116 valence electrons. The topological polar surface area (TPSA) is 69.6 Å². The molecule has 0 radical (unpaired) electrons. The Bertz CT molecular complexity index is 474. The van der Waals surface area contributed by atoms with E-state index in [1.165, 1.54) is 12.1 Å². The van der Waals surface area contributed by atoms with Crippen LogP contribution in [-0.4, -0.2) is 41.0 Å². The number of hydrogen-bond donors (Lipinski definition) is 2. The van der Waals surface area contributed by atoms with Gasteiger partial charge in [0.25, 0.3) is 0 Å². The largest absolute Gasteiger partial charge is 0.481 e. The second kappa shape index (κ2) is 8.36. The van der Waals surface area contributed by atoms with Gasteiger partial charge in [-0.25, -0.2) is 4.39 Å². The molecule has 0 aliphatic rings. The number of carbonyl (C=O) groups excluding carboxylic acids is 1. The Morgan fingerprint density at radius 2 is 1.90 bits per heavy atom. The Morgan fingerprint density at radius 1 is 1.29 bits per heavy atom. The van der Waals surface area contributed by atoms with E-state index in [2.05, 4.69) is 5.32 Å². The number of carbonyl (C=O) groups is 2. The van der Waals surface area contributed by atoms with Gasteiger partial charge in [0.15, 0.2) is 0 Å². The molecule has 0 unspecified atom stereocenters. The summed E-state index contributed by atoms with van der Waals surface area (Å²) in [6.45, 7) is 4.62. The molecule has 0 saturated heterocycles. The SMILES string of the molecule is CC(C)N(CCC(=O)O)CC(=O)NCc1ccc(F)cc1. The van der Waals surface area contributed by atoms with E-state index < -0.39 is 5.97 Å². The quantitative estimate of drug-likeness (QED) is 0.765. The number of carboxylic acids is 1. The first-order chi connectivity index (χ1) is 9.88. The van der Waals surface area contributed by atoms with Crippen molar-refractivity contribution in [2.45, 2.75) is 32.9 Å². The molecule has 0 fully saturated rings. The lowest BCUT2D eigenvalue weighted by molar-refractivity contribution is -0.138.